The van der Waals surface area contributed by atoms with Crippen LogP contribution >= 0.6 is 43.5 Å². The number of nitrogens with one attached hydrogen (secondary N) is 1. The molecular formula is C10H8Br2ClN3O. The minimum atomic E-state index is 0.355. The molecule has 90 valence electrons. The predicted molar refractivity (Wildman–Crippen MR) is 73.8 cm³/mol. The topological polar surface area (TPSA) is 51.0 Å². The fourth-order valence-corrected chi connectivity index (χ4v) is 2.50. The summed E-state index contributed by atoms with van der Waals surface area (Å²) in [6.07, 6.45) is 0.567. The average Bonchev–Trinajstić information content (AvgIpc) is 2.71. The van der Waals surface area contributed by atoms with Crippen molar-refractivity contribution in [1.82, 2.24) is 10.2 Å². The van der Waals surface area contributed by atoms with Crippen molar-refractivity contribution in [2.75, 3.05) is 11.2 Å². The molecule has 1 aromatic heterocycles. The maximum Gasteiger partial charge on any atom is 0.320 e. The van der Waals surface area contributed by atoms with Crippen molar-refractivity contribution in [3.63, 3.8) is 0 Å². The zero-order valence-corrected chi connectivity index (χ0v) is 12.5. The van der Waals surface area contributed by atoms with E-state index in [1.54, 1.807) is 0 Å². The molecule has 0 amide bonds. The normalized spacial score (nSPS) is 10.5. The fraction of sp³-hybridized carbons (Fsp3) is 0.200. The quantitative estimate of drug-likeness (QED) is 0.810. The standard InChI is InChI=1S/C10H8Br2ClN3O/c11-6-1-2-8(7(12)5-6)14-10-16-15-9(17-10)3-4-13/h1-2,5H,3-4H2,(H,14,16). The summed E-state index contributed by atoms with van der Waals surface area (Å²) in [5.41, 5.74) is 0.856. The molecule has 0 radical (unpaired) electrons. The molecule has 17 heavy (non-hydrogen) atoms. The largest absolute Gasteiger partial charge is 0.408 e. The molecule has 2 aromatic rings. The minimum Gasteiger partial charge on any atom is -0.408 e. The maximum absolute atomic E-state index is 5.59. The van der Waals surface area contributed by atoms with E-state index >= 15 is 0 Å². The van der Waals surface area contributed by atoms with E-state index in [9.17, 15) is 0 Å². The molecule has 1 N–H and O–H groups in total. The van der Waals surface area contributed by atoms with Crippen molar-refractivity contribution in [3.8, 4) is 0 Å². The van der Waals surface area contributed by atoms with Gasteiger partial charge in [0.1, 0.15) is 0 Å². The number of hydrogen-bond donors (Lipinski definition) is 1. The molecule has 7 heteroatoms. The summed E-state index contributed by atoms with van der Waals surface area (Å²) in [6.45, 7) is 0. The number of aromatic nitrogens is 2. The highest BCUT2D eigenvalue weighted by molar-refractivity contribution is 9.11. The molecule has 0 aliphatic carbocycles. The van der Waals surface area contributed by atoms with Gasteiger partial charge < -0.3 is 9.73 Å². The summed E-state index contributed by atoms with van der Waals surface area (Å²) in [7, 11) is 0. The number of nitrogens with zero attached hydrogens (tertiary/aromatic N) is 2. The molecule has 0 unspecified atom stereocenters. The molecular weight excluding hydrogens is 373 g/mol. The van der Waals surface area contributed by atoms with Gasteiger partial charge in [-0.25, -0.2) is 0 Å². The molecule has 4 nitrogen and oxygen atoms in total. The molecule has 0 fully saturated rings. The number of halogens is 3. The maximum atomic E-state index is 5.59. The minimum absolute atomic E-state index is 0.355. The van der Waals surface area contributed by atoms with Gasteiger partial charge in [0.2, 0.25) is 5.89 Å². The van der Waals surface area contributed by atoms with Crippen LogP contribution in [0.1, 0.15) is 5.89 Å². The first-order chi connectivity index (χ1) is 8.19. The first-order valence-electron chi connectivity index (χ1n) is 4.79. The first-order valence-corrected chi connectivity index (χ1v) is 6.91. The second-order valence-corrected chi connectivity index (χ2v) is 5.34. The van der Waals surface area contributed by atoms with E-state index < -0.39 is 0 Å². The highest BCUT2D eigenvalue weighted by Gasteiger charge is 2.07. The van der Waals surface area contributed by atoms with Gasteiger partial charge in [-0.3, -0.25) is 0 Å². The molecule has 0 saturated heterocycles. The van der Waals surface area contributed by atoms with Crippen LogP contribution in [0.2, 0.25) is 0 Å². The van der Waals surface area contributed by atoms with Gasteiger partial charge in [0, 0.05) is 21.2 Å². The van der Waals surface area contributed by atoms with Gasteiger partial charge in [-0.15, -0.1) is 16.7 Å². The van der Waals surface area contributed by atoms with Crippen LogP contribution in [-0.2, 0) is 6.42 Å². The Bertz CT molecular complexity index is 518. The molecule has 0 saturated carbocycles. The van der Waals surface area contributed by atoms with Crippen LogP contribution in [-0.4, -0.2) is 16.1 Å². The fourth-order valence-electron chi connectivity index (χ4n) is 1.19. The van der Waals surface area contributed by atoms with Gasteiger partial charge in [0.15, 0.2) is 0 Å². The van der Waals surface area contributed by atoms with E-state index in [2.05, 4.69) is 47.4 Å². The zero-order valence-electron chi connectivity index (χ0n) is 8.58. The number of anilines is 2. The molecule has 1 heterocycles. The van der Waals surface area contributed by atoms with Crippen molar-refractivity contribution in [2.24, 2.45) is 0 Å². The summed E-state index contributed by atoms with van der Waals surface area (Å²) in [5, 5.41) is 10.8. The van der Waals surface area contributed by atoms with Gasteiger partial charge in [0.25, 0.3) is 0 Å². The number of alkyl halides is 1. The molecule has 0 spiro atoms. The van der Waals surface area contributed by atoms with Crippen molar-refractivity contribution in [1.29, 1.82) is 0 Å². The Hall–Kier alpha value is -0.590. The smallest absolute Gasteiger partial charge is 0.320 e. The summed E-state index contributed by atoms with van der Waals surface area (Å²) in [5.74, 6) is 0.986. The number of hydrogen-bond acceptors (Lipinski definition) is 4. The van der Waals surface area contributed by atoms with Crippen molar-refractivity contribution >= 4 is 55.2 Å². The van der Waals surface area contributed by atoms with E-state index in [1.807, 2.05) is 18.2 Å². The predicted octanol–water partition coefficient (Wildman–Crippen LogP) is 4.12. The lowest BCUT2D eigenvalue weighted by atomic mass is 10.3. The highest BCUT2D eigenvalue weighted by Crippen LogP contribution is 2.28. The SMILES string of the molecule is ClCCc1nnc(Nc2ccc(Br)cc2Br)o1. The number of aryl methyl sites for hydroxylation is 1. The first kappa shape index (κ1) is 12.9. The number of rotatable bonds is 4. The Morgan fingerprint density at radius 2 is 2.12 bits per heavy atom. The second-order valence-electron chi connectivity index (χ2n) is 3.19. The lowest BCUT2D eigenvalue weighted by Gasteiger charge is -2.04. The van der Waals surface area contributed by atoms with Crippen LogP contribution in [0.4, 0.5) is 11.7 Å². The summed E-state index contributed by atoms with van der Waals surface area (Å²) in [6, 6.07) is 6.11. The van der Waals surface area contributed by atoms with Crippen molar-refractivity contribution in [2.45, 2.75) is 6.42 Å². The second kappa shape index (κ2) is 5.84. The van der Waals surface area contributed by atoms with Gasteiger partial charge >= 0.3 is 6.01 Å². The van der Waals surface area contributed by atoms with E-state index in [0.29, 0.717) is 24.2 Å². The van der Waals surface area contributed by atoms with E-state index in [4.69, 9.17) is 16.0 Å². The van der Waals surface area contributed by atoms with Crippen molar-refractivity contribution in [3.05, 3.63) is 33.0 Å². The molecule has 0 aliphatic rings. The van der Waals surface area contributed by atoms with Crippen LogP contribution in [0.25, 0.3) is 0 Å². The molecule has 2 rings (SSSR count). The van der Waals surface area contributed by atoms with Gasteiger partial charge in [-0.05, 0) is 34.1 Å². The molecule has 0 bridgehead atoms. The molecule has 0 atom stereocenters. The van der Waals surface area contributed by atoms with Crippen LogP contribution < -0.4 is 5.32 Å². The summed E-state index contributed by atoms with van der Waals surface area (Å²) in [4.78, 5) is 0. The van der Waals surface area contributed by atoms with E-state index in [1.165, 1.54) is 0 Å². The Balaban J connectivity index is 2.13. The third kappa shape index (κ3) is 3.43. The Morgan fingerprint density at radius 3 is 2.82 bits per heavy atom. The average molecular weight is 381 g/mol. The number of benzene rings is 1. The van der Waals surface area contributed by atoms with Crippen LogP contribution in [0.15, 0.2) is 31.6 Å². The Labute approximate surface area is 120 Å². The Morgan fingerprint density at radius 1 is 1.29 bits per heavy atom. The molecule has 0 aliphatic heterocycles. The zero-order chi connectivity index (χ0) is 12.3. The van der Waals surface area contributed by atoms with E-state index in [0.717, 1.165) is 14.6 Å². The molecule has 1 aromatic carbocycles. The summed E-state index contributed by atoms with van der Waals surface area (Å²) < 4.78 is 7.26. The Kier molecular flexibility index (Phi) is 4.42. The van der Waals surface area contributed by atoms with Gasteiger partial charge in [0.05, 0.1) is 5.69 Å². The van der Waals surface area contributed by atoms with Crippen LogP contribution in [0.3, 0.4) is 0 Å². The lowest BCUT2D eigenvalue weighted by molar-refractivity contribution is 0.516. The van der Waals surface area contributed by atoms with Crippen LogP contribution in [0, 0.1) is 0 Å². The third-order valence-corrected chi connectivity index (χ3v) is 3.29. The highest BCUT2D eigenvalue weighted by atomic mass is 79.9. The van der Waals surface area contributed by atoms with Gasteiger partial charge in [-0.1, -0.05) is 21.0 Å². The lowest BCUT2D eigenvalue weighted by Crippen LogP contribution is -1.91. The van der Waals surface area contributed by atoms with Gasteiger partial charge in [-0.2, -0.15) is 0 Å². The summed E-state index contributed by atoms with van der Waals surface area (Å²) >= 11 is 12.4. The third-order valence-electron chi connectivity index (χ3n) is 1.95. The monoisotopic (exact) mass is 379 g/mol. The van der Waals surface area contributed by atoms with Crippen LogP contribution in [0.5, 0.6) is 0 Å². The van der Waals surface area contributed by atoms with Crippen molar-refractivity contribution < 1.29 is 4.42 Å². The van der Waals surface area contributed by atoms with E-state index in [-0.39, 0.29) is 0 Å².